The first-order valence-corrected chi connectivity index (χ1v) is 3.79. The molecule has 68 valence electrons. The standard InChI is InChI=1S/C7H14N2.2ClH/c1-9-3-2-6-4-8-5-7(6)9;;/h6-8H,2-5H2,1H3;2*1H. The van der Waals surface area contributed by atoms with Crippen molar-refractivity contribution in [3.63, 3.8) is 0 Å². The number of nitrogens with zero attached hydrogens (tertiary/aromatic N) is 1. The van der Waals surface area contributed by atoms with E-state index in [2.05, 4.69) is 17.3 Å². The molecule has 2 heterocycles. The SMILES string of the molecule is CN1CCC2CNCC21.Cl.Cl. The van der Waals surface area contributed by atoms with E-state index in [1.54, 1.807) is 0 Å². The van der Waals surface area contributed by atoms with Crippen molar-refractivity contribution >= 4 is 24.8 Å². The van der Waals surface area contributed by atoms with E-state index in [9.17, 15) is 0 Å². The first-order chi connectivity index (χ1) is 4.38. The second kappa shape index (κ2) is 4.51. The van der Waals surface area contributed by atoms with Crippen LogP contribution in [0.5, 0.6) is 0 Å². The predicted molar refractivity (Wildman–Crippen MR) is 51.9 cm³/mol. The lowest BCUT2D eigenvalue weighted by Crippen LogP contribution is -2.30. The van der Waals surface area contributed by atoms with Gasteiger partial charge in [-0.3, -0.25) is 0 Å². The zero-order chi connectivity index (χ0) is 6.27. The van der Waals surface area contributed by atoms with E-state index >= 15 is 0 Å². The predicted octanol–water partition coefficient (Wildman–Crippen LogP) is 0.753. The Hall–Kier alpha value is 0.500. The molecule has 0 saturated carbocycles. The molecule has 2 rings (SSSR count). The molecule has 0 aromatic carbocycles. The van der Waals surface area contributed by atoms with Gasteiger partial charge in [0.25, 0.3) is 0 Å². The summed E-state index contributed by atoms with van der Waals surface area (Å²) in [4.78, 5) is 2.48. The van der Waals surface area contributed by atoms with Crippen molar-refractivity contribution in [2.45, 2.75) is 12.5 Å². The molecule has 1 N–H and O–H groups in total. The van der Waals surface area contributed by atoms with Crippen LogP contribution in [0.25, 0.3) is 0 Å². The van der Waals surface area contributed by atoms with Gasteiger partial charge in [0.05, 0.1) is 0 Å². The van der Waals surface area contributed by atoms with Gasteiger partial charge in [0.1, 0.15) is 0 Å². The number of likely N-dealkylation sites (tertiary alicyclic amines) is 1. The van der Waals surface area contributed by atoms with Gasteiger partial charge in [-0.1, -0.05) is 0 Å². The fourth-order valence-electron chi connectivity index (χ4n) is 2.06. The maximum atomic E-state index is 3.41. The minimum atomic E-state index is 0. The molecule has 0 aromatic heterocycles. The molecule has 2 aliphatic heterocycles. The zero-order valence-electron chi connectivity index (χ0n) is 6.75. The summed E-state index contributed by atoms with van der Waals surface area (Å²) >= 11 is 0. The second-order valence-electron chi connectivity index (χ2n) is 3.25. The molecule has 2 nitrogen and oxygen atoms in total. The average Bonchev–Trinajstić information content (AvgIpc) is 2.35. The Balaban J connectivity index is 0.000000500. The summed E-state index contributed by atoms with van der Waals surface area (Å²) in [6.07, 6.45) is 1.41. The monoisotopic (exact) mass is 198 g/mol. The third-order valence-corrected chi connectivity index (χ3v) is 2.72. The fraction of sp³-hybridized carbons (Fsp3) is 1.00. The molecular formula is C7H16Cl2N2. The number of nitrogens with one attached hydrogen (secondary N) is 1. The van der Waals surface area contributed by atoms with E-state index in [1.807, 2.05) is 0 Å². The minimum Gasteiger partial charge on any atom is -0.315 e. The number of rotatable bonds is 0. The van der Waals surface area contributed by atoms with Crippen LogP contribution in [0.15, 0.2) is 0 Å². The van der Waals surface area contributed by atoms with E-state index < -0.39 is 0 Å². The maximum Gasteiger partial charge on any atom is 0.0258 e. The topological polar surface area (TPSA) is 15.3 Å². The van der Waals surface area contributed by atoms with Gasteiger partial charge in [-0.05, 0) is 32.5 Å². The molecule has 0 spiro atoms. The number of hydrogen-bond acceptors (Lipinski definition) is 2. The Labute approximate surface area is 80.5 Å². The molecule has 0 amide bonds. The van der Waals surface area contributed by atoms with Crippen molar-refractivity contribution < 1.29 is 0 Å². The van der Waals surface area contributed by atoms with Gasteiger partial charge in [-0.2, -0.15) is 0 Å². The Morgan fingerprint density at radius 2 is 2.00 bits per heavy atom. The summed E-state index contributed by atoms with van der Waals surface area (Å²) < 4.78 is 0. The summed E-state index contributed by atoms with van der Waals surface area (Å²) in [5.41, 5.74) is 0. The highest BCUT2D eigenvalue weighted by Crippen LogP contribution is 2.24. The van der Waals surface area contributed by atoms with Crippen LogP contribution in [0.3, 0.4) is 0 Å². The molecule has 0 aromatic rings. The molecule has 2 atom stereocenters. The van der Waals surface area contributed by atoms with Crippen molar-refractivity contribution in [3.8, 4) is 0 Å². The van der Waals surface area contributed by atoms with Crippen LogP contribution < -0.4 is 5.32 Å². The zero-order valence-corrected chi connectivity index (χ0v) is 8.38. The number of halogens is 2. The highest BCUT2D eigenvalue weighted by atomic mass is 35.5. The van der Waals surface area contributed by atoms with E-state index in [4.69, 9.17) is 0 Å². The van der Waals surface area contributed by atoms with Crippen LogP contribution in [-0.4, -0.2) is 37.6 Å². The Morgan fingerprint density at radius 1 is 1.27 bits per heavy atom. The van der Waals surface area contributed by atoms with Gasteiger partial charge in [-0.15, -0.1) is 24.8 Å². The third-order valence-electron chi connectivity index (χ3n) is 2.72. The molecule has 0 bridgehead atoms. The third kappa shape index (κ3) is 2.00. The number of hydrogen-bond donors (Lipinski definition) is 1. The van der Waals surface area contributed by atoms with E-state index in [0.717, 1.165) is 12.0 Å². The van der Waals surface area contributed by atoms with Crippen molar-refractivity contribution in [1.29, 1.82) is 0 Å². The van der Waals surface area contributed by atoms with Gasteiger partial charge >= 0.3 is 0 Å². The molecule has 2 unspecified atom stereocenters. The van der Waals surface area contributed by atoms with Crippen LogP contribution in [-0.2, 0) is 0 Å². The van der Waals surface area contributed by atoms with E-state index in [1.165, 1.54) is 26.1 Å². The molecule has 0 radical (unpaired) electrons. The fourth-order valence-corrected chi connectivity index (χ4v) is 2.06. The molecule has 2 fully saturated rings. The highest BCUT2D eigenvalue weighted by molar-refractivity contribution is 5.85. The van der Waals surface area contributed by atoms with Gasteiger partial charge < -0.3 is 10.2 Å². The molecule has 4 heteroatoms. The Morgan fingerprint density at radius 3 is 2.64 bits per heavy atom. The quantitative estimate of drug-likeness (QED) is 0.619. The van der Waals surface area contributed by atoms with Gasteiger partial charge in [-0.25, -0.2) is 0 Å². The van der Waals surface area contributed by atoms with Crippen molar-refractivity contribution in [1.82, 2.24) is 10.2 Å². The van der Waals surface area contributed by atoms with Gasteiger partial charge in [0.15, 0.2) is 0 Å². The van der Waals surface area contributed by atoms with E-state index in [-0.39, 0.29) is 24.8 Å². The van der Waals surface area contributed by atoms with Crippen LogP contribution in [0, 0.1) is 5.92 Å². The summed E-state index contributed by atoms with van der Waals surface area (Å²) in [5, 5.41) is 3.41. The Kier molecular flexibility index (Phi) is 4.71. The van der Waals surface area contributed by atoms with Crippen molar-refractivity contribution in [2.75, 3.05) is 26.7 Å². The summed E-state index contributed by atoms with van der Waals surface area (Å²) in [6, 6.07) is 0.866. The first kappa shape index (κ1) is 11.5. The summed E-state index contributed by atoms with van der Waals surface area (Å²) in [6.45, 7) is 3.80. The lowest BCUT2D eigenvalue weighted by molar-refractivity contribution is 0.308. The molecular weight excluding hydrogens is 183 g/mol. The number of fused-ring (bicyclic) bond motifs is 1. The largest absolute Gasteiger partial charge is 0.315 e. The lowest BCUT2D eigenvalue weighted by atomic mass is 10.1. The van der Waals surface area contributed by atoms with Crippen LogP contribution >= 0.6 is 24.8 Å². The van der Waals surface area contributed by atoms with Crippen molar-refractivity contribution in [3.05, 3.63) is 0 Å². The highest BCUT2D eigenvalue weighted by Gasteiger charge is 2.34. The minimum absolute atomic E-state index is 0. The average molecular weight is 199 g/mol. The van der Waals surface area contributed by atoms with Gasteiger partial charge in [0, 0.05) is 12.6 Å². The molecule has 2 aliphatic rings. The smallest absolute Gasteiger partial charge is 0.0258 e. The van der Waals surface area contributed by atoms with Crippen molar-refractivity contribution in [2.24, 2.45) is 5.92 Å². The Bertz CT molecular complexity index is 121. The summed E-state index contributed by atoms with van der Waals surface area (Å²) in [7, 11) is 2.23. The first-order valence-electron chi connectivity index (χ1n) is 3.79. The molecule has 11 heavy (non-hydrogen) atoms. The lowest BCUT2D eigenvalue weighted by Gasteiger charge is -2.16. The van der Waals surface area contributed by atoms with Gasteiger partial charge in [0.2, 0.25) is 0 Å². The normalized spacial score (nSPS) is 35.7. The second-order valence-corrected chi connectivity index (χ2v) is 3.25. The van der Waals surface area contributed by atoms with E-state index in [0.29, 0.717) is 0 Å². The number of likely N-dealkylation sites (N-methyl/N-ethyl adjacent to an activating group) is 1. The van der Waals surface area contributed by atoms with Crippen LogP contribution in [0.2, 0.25) is 0 Å². The maximum absolute atomic E-state index is 3.41. The molecule has 0 aliphatic carbocycles. The summed E-state index contributed by atoms with van der Waals surface area (Å²) in [5.74, 6) is 0.968. The van der Waals surface area contributed by atoms with Crippen LogP contribution in [0.1, 0.15) is 6.42 Å². The molecule has 2 saturated heterocycles. The van der Waals surface area contributed by atoms with Crippen LogP contribution in [0.4, 0.5) is 0 Å².